The predicted molar refractivity (Wildman–Crippen MR) is 111 cm³/mol. The van der Waals surface area contributed by atoms with Crippen LogP contribution < -0.4 is 4.74 Å². The SMILES string of the molecule is COc1ccccc1CN1CCCC(CN(CCN(C)C)C(=O)CCC(F)(F)F)C1. The number of hydrogen-bond donors (Lipinski definition) is 0. The highest BCUT2D eigenvalue weighted by Gasteiger charge is 2.30. The molecule has 1 aliphatic heterocycles. The molecule has 170 valence electrons. The topological polar surface area (TPSA) is 36.0 Å². The third-order valence-corrected chi connectivity index (χ3v) is 5.46. The van der Waals surface area contributed by atoms with Crippen LogP contribution in [0.1, 0.15) is 31.2 Å². The summed E-state index contributed by atoms with van der Waals surface area (Å²) in [7, 11) is 5.45. The third-order valence-electron chi connectivity index (χ3n) is 5.46. The Morgan fingerprint density at radius 3 is 2.63 bits per heavy atom. The third kappa shape index (κ3) is 8.52. The second-order valence-electron chi connectivity index (χ2n) is 8.31. The van der Waals surface area contributed by atoms with E-state index in [4.69, 9.17) is 4.74 Å². The van der Waals surface area contributed by atoms with E-state index in [9.17, 15) is 18.0 Å². The van der Waals surface area contributed by atoms with Crippen LogP contribution in [-0.2, 0) is 11.3 Å². The van der Waals surface area contributed by atoms with E-state index in [0.717, 1.165) is 43.8 Å². The number of piperidine rings is 1. The van der Waals surface area contributed by atoms with Crippen molar-refractivity contribution in [3.63, 3.8) is 0 Å². The number of carbonyl (C=O) groups excluding carboxylic acids is 1. The van der Waals surface area contributed by atoms with Gasteiger partial charge in [0.05, 0.1) is 13.5 Å². The number of rotatable bonds is 10. The minimum atomic E-state index is -4.31. The lowest BCUT2D eigenvalue weighted by molar-refractivity contribution is -0.149. The van der Waals surface area contributed by atoms with E-state index in [0.29, 0.717) is 19.6 Å². The number of nitrogens with zero attached hydrogens (tertiary/aromatic N) is 3. The van der Waals surface area contributed by atoms with Gasteiger partial charge in [-0.05, 0) is 45.5 Å². The number of benzene rings is 1. The van der Waals surface area contributed by atoms with Crippen LogP contribution >= 0.6 is 0 Å². The Morgan fingerprint density at radius 1 is 1.23 bits per heavy atom. The van der Waals surface area contributed by atoms with Gasteiger partial charge in [0, 0.05) is 44.7 Å². The summed E-state index contributed by atoms with van der Waals surface area (Å²) in [6.07, 6.45) is -3.85. The van der Waals surface area contributed by atoms with Gasteiger partial charge in [-0.2, -0.15) is 13.2 Å². The lowest BCUT2D eigenvalue weighted by Gasteiger charge is -2.36. The molecule has 0 radical (unpaired) electrons. The average molecular weight is 430 g/mol. The lowest BCUT2D eigenvalue weighted by Crippen LogP contribution is -2.44. The molecule has 0 N–H and O–H groups in total. The summed E-state index contributed by atoms with van der Waals surface area (Å²) >= 11 is 0. The average Bonchev–Trinajstić information content (AvgIpc) is 2.69. The van der Waals surface area contributed by atoms with Gasteiger partial charge in [0.25, 0.3) is 0 Å². The van der Waals surface area contributed by atoms with Gasteiger partial charge in [-0.3, -0.25) is 9.69 Å². The smallest absolute Gasteiger partial charge is 0.389 e. The van der Waals surface area contributed by atoms with E-state index in [-0.39, 0.29) is 5.92 Å². The van der Waals surface area contributed by atoms with Crippen molar-refractivity contribution in [2.45, 2.75) is 38.4 Å². The van der Waals surface area contributed by atoms with Crippen molar-refractivity contribution >= 4 is 5.91 Å². The van der Waals surface area contributed by atoms with E-state index in [2.05, 4.69) is 4.90 Å². The number of likely N-dealkylation sites (N-methyl/N-ethyl adjacent to an activating group) is 1. The molecular formula is C22H34F3N3O2. The van der Waals surface area contributed by atoms with Crippen LogP contribution in [-0.4, -0.2) is 80.7 Å². The highest BCUT2D eigenvalue weighted by Crippen LogP contribution is 2.25. The van der Waals surface area contributed by atoms with Crippen LogP contribution in [0.3, 0.4) is 0 Å². The van der Waals surface area contributed by atoms with Gasteiger partial charge in [-0.15, -0.1) is 0 Å². The van der Waals surface area contributed by atoms with E-state index in [1.807, 2.05) is 43.3 Å². The molecule has 30 heavy (non-hydrogen) atoms. The monoisotopic (exact) mass is 429 g/mol. The number of alkyl halides is 3. The number of likely N-dealkylation sites (tertiary alicyclic amines) is 1. The van der Waals surface area contributed by atoms with Gasteiger partial charge >= 0.3 is 6.18 Å². The molecule has 8 heteroatoms. The van der Waals surface area contributed by atoms with E-state index < -0.39 is 24.9 Å². The summed E-state index contributed by atoms with van der Waals surface area (Å²) in [6.45, 7) is 4.15. The fourth-order valence-electron chi connectivity index (χ4n) is 3.88. The second-order valence-corrected chi connectivity index (χ2v) is 8.31. The zero-order valence-electron chi connectivity index (χ0n) is 18.2. The highest BCUT2D eigenvalue weighted by molar-refractivity contribution is 5.76. The van der Waals surface area contributed by atoms with Crippen molar-refractivity contribution in [1.82, 2.24) is 14.7 Å². The maximum Gasteiger partial charge on any atom is 0.389 e. The van der Waals surface area contributed by atoms with Crippen molar-refractivity contribution < 1.29 is 22.7 Å². The summed E-state index contributed by atoms with van der Waals surface area (Å²) < 4.78 is 43.2. The molecule has 1 aromatic rings. The molecule has 1 atom stereocenters. The Morgan fingerprint density at radius 2 is 1.97 bits per heavy atom. The van der Waals surface area contributed by atoms with E-state index in [1.165, 1.54) is 0 Å². The molecule has 2 rings (SSSR count). The molecule has 1 amide bonds. The zero-order valence-corrected chi connectivity index (χ0v) is 18.2. The maximum absolute atomic E-state index is 12.6. The van der Waals surface area contributed by atoms with Gasteiger partial charge in [-0.25, -0.2) is 0 Å². The fourth-order valence-corrected chi connectivity index (χ4v) is 3.88. The molecule has 1 heterocycles. The van der Waals surface area contributed by atoms with Crippen molar-refractivity contribution in [2.75, 3.05) is 53.9 Å². The van der Waals surface area contributed by atoms with Crippen molar-refractivity contribution in [3.8, 4) is 5.75 Å². The normalized spacial score (nSPS) is 17.9. The first-order chi connectivity index (χ1) is 14.2. The van der Waals surface area contributed by atoms with Crippen LogP contribution in [0.2, 0.25) is 0 Å². The second kappa shape index (κ2) is 11.6. The van der Waals surface area contributed by atoms with E-state index >= 15 is 0 Å². The molecule has 0 aliphatic carbocycles. The van der Waals surface area contributed by atoms with Gasteiger partial charge in [-0.1, -0.05) is 18.2 Å². The number of ether oxygens (including phenoxy) is 1. The number of hydrogen-bond acceptors (Lipinski definition) is 4. The first kappa shape index (κ1) is 24.5. The molecule has 5 nitrogen and oxygen atoms in total. The first-order valence-corrected chi connectivity index (χ1v) is 10.5. The molecule has 0 saturated carbocycles. The standard InChI is InChI=1S/C22H34F3N3O2/c1-26(2)13-14-28(21(29)10-11-22(23,24)25)16-18-7-6-12-27(15-18)17-19-8-4-5-9-20(19)30-3/h4-5,8-9,18H,6-7,10-17H2,1-3H3. The molecule has 0 bridgehead atoms. The summed E-state index contributed by atoms with van der Waals surface area (Å²) in [5, 5.41) is 0. The molecule has 1 aromatic carbocycles. The van der Waals surface area contributed by atoms with Gasteiger partial charge in [0.15, 0.2) is 0 Å². The zero-order chi connectivity index (χ0) is 22.1. The number of carbonyl (C=O) groups is 1. The summed E-state index contributed by atoms with van der Waals surface area (Å²) in [5.41, 5.74) is 1.12. The quantitative estimate of drug-likeness (QED) is 0.569. The van der Waals surface area contributed by atoms with Gasteiger partial charge in [0.2, 0.25) is 5.91 Å². The largest absolute Gasteiger partial charge is 0.496 e. The summed E-state index contributed by atoms with van der Waals surface area (Å²) in [6, 6.07) is 7.92. The molecule has 0 spiro atoms. The minimum absolute atomic E-state index is 0.255. The van der Waals surface area contributed by atoms with Crippen LogP contribution in [0.25, 0.3) is 0 Å². The Kier molecular flexibility index (Phi) is 9.42. The molecule has 1 unspecified atom stereocenters. The predicted octanol–water partition coefficient (Wildman–Crippen LogP) is 3.64. The molecule has 0 aromatic heterocycles. The van der Waals surface area contributed by atoms with Crippen LogP contribution in [0, 0.1) is 5.92 Å². The van der Waals surface area contributed by atoms with Crippen molar-refractivity contribution in [1.29, 1.82) is 0 Å². The van der Waals surface area contributed by atoms with Crippen LogP contribution in [0.5, 0.6) is 5.75 Å². The van der Waals surface area contributed by atoms with Crippen LogP contribution in [0.4, 0.5) is 13.2 Å². The first-order valence-electron chi connectivity index (χ1n) is 10.5. The highest BCUT2D eigenvalue weighted by atomic mass is 19.4. The Hall–Kier alpha value is -1.80. The Bertz CT molecular complexity index is 667. The fraction of sp³-hybridized carbons (Fsp3) is 0.682. The number of amides is 1. The summed E-state index contributed by atoms with van der Waals surface area (Å²) in [5.74, 6) is 0.705. The molecule has 1 saturated heterocycles. The molecular weight excluding hydrogens is 395 g/mol. The van der Waals surface area contributed by atoms with E-state index in [1.54, 1.807) is 12.0 Å². The van der Waals surface area contributed by atoms with Crippen molar-refractivity contribution in [2.24, 2.45) is 5.92 Å². The molecule has 1 fully saturated rings. The number of para-hydroxylation sites is 1. The number of halogens is 3. The Labute approximate surface area is 177 Å². The van der Waals surface area contributed by atoms with Crippen LogP contribution in [0.15, 0.2) is 24.3 Å². The maximum atomic E-state index is 12.6. The van der Waals surface area contributed by atoms with Crippen molar-refractivity contribution in [3.05, 3.63) is 29.8 Å². The lowest BCUT2D eigenvalue weighted by atomic mass is 9.96. The Balaban J connectivity index is 1.97. The number of methoxy groups -OCH3 is 1. The van der Waals surface area contributed by atoms with Gasteiger partial charge < -0.3 is 14.5 Å². The molecule has 1 aliphatic rings. The summed E-state index contributed by atoms with van der Waals surface area (Å²) in [4.78, 5) is 18.4. The van der Waals surface area contributed by atoms with Gasteiger partial charge in [0.1, 0.15) is 5.75 Å². The minimum Gasteiger partial charge on any atom is -0.496 e.